The van der Waals surface area contributed by atoms with Gasteiger partial charge in [0.05, 0.1) is 0 Å². The predicted octanol–water partition coefficient (Wildman–Crippen LogP) is 2.78. The van der Waals surface area contributed by atoms with E-state index in [0.29, 0.717) is 6.42 Å². The van der Waals surface area contributed by atoms with E-state index in [-0.39, 0.29) is 31.9 Å². The van der Waals surface area contributed by atoms with Gasteiger partial charge in [0.2, 0.25) is 0 Å². The van der Waals surface area contributed by atoms with Crippen molar-refractivity contribution in [3.05, 3.63) is 46.0 Å². The maximum atomic E-state index is 10.8. The van der Waals surface area contributed by atoms with Crippen LogP contribution in [0.1, 0.15) is 12.0 Å². The molecule has 7 heteroatoms. The number of ether oxygens (including phenoxy) is 2. The third-order valence-electron chi connectivity index (χ3n) is 2.82. The fourth-order valence-corrected chi connectivity index (χ4v) is 2.00. The van der Waals surface area contributed by atoms with Crippen molar-refractivity contribution in [2.75, 3.05) is 13.2 Å². The molecule has 2 rings (SSSR count). The molecule has 0 radical (unpaired) electrons. The smallest absolute Gasteiger partial charge is 0.320 e. The van der Waals surface area contributed by atoms with E-state index in [0.717, 1.165) is 6.42 Å². The molecule has 0 spiro atoms. The van der Waals surface area contributed by atoms with Gasteiger partial charge in [-0.05, 0) is 12.0 Å². The first-order valence-electron chi connectivity index (χ1n) is 5.71. The molecule has 0 aliphatic carbocycles. The fourth-order valence-electron chi connectivity index (χ4n) is 1.73. The SMILES string of the molecule is Cl.O=[N+]([O-])C1(Br)COC(CCc2ccccc2)OC1. The quantitative estimate of drug-likeness (QED) is 0.362. The van der Waals surface area contributed by atoms with Gasteiger partial charge in [0.1, 0.15) is 13.2 Å². The molecule has 19 heavy (non-hydrogen) atoms. The van der Waals surface area contributed by atoms with Crippen LogP contribution in [0.3, 0.4) is 0 Å². The Morgan fingerprint density at radius 3 is 2.42 bits per heavy atom. The van der Waals surface area contributed by atoms with E-state index in [1.165, 1.54) is 5.56 Å². The van der Waals surface area contributed by atoms with Gasteiger partial charge in [-0.25, -0.2) is 0 Å². The molecule has 5 nitrogen and oxygen atoms in total. The summed E-state index contributed by atoms with van der Waals surface area (Å²) in [4.78, 5) is 10.3. The van der Waals surface area contributed by atoms with Gasteiger partial charge in [0, 0.05) is 27.3 Å². The zero-order chi connectivity index (χ0) is 13.0. The van der Waals surface area contributed by atoms with E-state index in [9.17, 15) is 10.1 Å². The largest absolute Gasteiger partial charge is 0.344 e. The van der Waals surface area contributed by atoms with Crippen molar-refractivity contribution in [2.45, 2.75) is 23.6 Å². The molecule has 1 heterocycles. The van der Waals surface area contributed by atoms with Crippen LogP contribution in [0, 0.1) is 10.1 Å². The van der Waals surface area contributed by atoms with Crippen LogP contribution in [0.15, 0.2) is 30.3 Å². The third-order valence-corrected chi connectivity index (χ3v) is 3.57. The van der Waals surface area contributed by atoms with Crippen LogP contribution in [0.25, 0.3) is 0 Å². The number of halogens is 2. The Labute approximate surface area is 126 Å². The summed E-state index contributed by atoms with van der Waals surface area (Å²) in [7, 11) is 0. The summed E-state index contributed by atoms with van der Waals surface area (Å²) in [6.45, 7) is 0.0545. The van der Waals surface area contributed by atoms with E-state index < -0.39 is 9.37 Å². The van der Waals surface area contributed by atoms with Crippen molar-refractivity contribution in [1.29, 1.82) is 0 Å². The van der Waals surface area contributed by atoms with Crippen LogP contribution < -0.4 is 0 Å². The van der Waals surface area contributed by atoms with Crippen molar-refractivity contribution in [1.82, 2.24) is 0 Å². The molecule has 1 aromatic rings. The first-order chi connectivity index (χ1) is 8.60. The lowest BCUT2D eigenvalue weighted by molar-refractivity contribution is -0.556. The van der Waals surface area contributed by atoms with Crippen LogP contribution >= 0.6 is 28.3 Å². The first-order valence-corrected chi connectivity index (χ1v) is 6.50. The van der Waals surface area contributed by atoms with Crippen molar-refractivity contribution in [3.8, 4) is 0 Å². The second-order valence-electron chi connectivity index (χ2n) is 4.25. The number of benzene rings is 1. The lowest BCUT2D eigenvalue weighted by Crippen LogP contribution is -2.48. The Morgan fingerprint density at radius 1 is 1.32 bits per heavy atom. The third kappa shape index (κ3) is 4.42. The van der Waals surface area contributed by atoms with Gasteiger partial charge in [-0.3, -0.25) is 10.1 Å². The Hall–Kier alpha value is -0.690. The van der Waals surface area contributed by atoms with Crippen LogP contribution in [-0.4, -0.2) is 28.9 Å². The molecule has 0 saturated carbocycles. The molecular weight excluding hydrogens is 337 g/mol. The number of nitrogens with zero attached hydrogens (tertiary/aromatic N) is 1. The lowest BCUT2D eigenvalue weighted by Gasteiger charge is -2.29. The highest BCUT2D eigenvalue weighted by Gasteiger charge is 2.45. The average molecular weight is 353 g/mol. The average Bonchev–Trinajstić information content (AvgIpc) is 2.39. The maximum Gasteiger partial charge on any atom is 0.320 e. The van der Waals surface area contributed by atoms with E-state index in [1.54, 1.807) is 0 Å². The van der Waals surface area contributed by atoms with Crippen molar-refractivity contribution >= 4 is 28.3 Å². The minimum Gasteiger partial charge on any atom is -0.344 e. The predicted molar refractivity (Wildman–Crippen MR) is 76.4 cm³/mol. The van der Waals surface area contributed by atoms with Crippen LogP contribution in [0.5, 0.6) is 0 Å². The molecule has 1 aromatic carbocycles. The van der Waals surface area contributed by atoms with Crippen LogP contribution in [0.4, 0.5) is 0 Å². The van der Waals surface area contributed by atoms with Crippen LogP contribution in [-0.2, 0) is 15.9 Å². The first kappa shape index (κ1) is 16.4. The number of hydrogen-bond acceptors (Lipinski definition) is 4. The normalized spacial score (nSPS) is 26.5. The molecule has 0 amide bonds. The molecule has 1 fully saturated rings. The molecule has 0 N–H and O–H groups in total. The molecule has 1 saturated heterocycles. The summed E-state index contributed by atoms with van der Waals surface area (Å²) in [5.74, 6) is 0. The Morgan fingerprint density at radius 2 is 1.89 bits per heavy atom. The highest BCUT2D eigenvalue weighted by Crippen LogP contribution is 2.26. The maximum absolute atomic E-state index is 10.8. The summed E-state index contributed by atoms with van der Waals surface area (Å²) in [6, 6.07) is 10.00. The number of alkyl halides is 1. The topological polar surface area (TPSA) is 61.6 Å². The van der Waals surface area contributed by atoms with Gasteiger partial charge < -0.3 is 9.47 Å². The lowest BCUT2D eigenvalue weighted by atomic mass is 10.1. The van der Waals surface area contributed by atoms with E-state index in [1.807, 2.05) is 30.3 Å². The van der Waals surface area contributed by atoms with E-state index >= 15 is 0 Å². The monoisotopic (exact) mass is 351 g/mol. The summed E-state index contributed by atoms with van der Waals surface area (Å²) in [5.41, 5.74) is 1.20. The number of aryl methyl sites for hydroxylation is 1. The molecule has 0 unspecified atom stereocenters. The zero-order valence-corrected chi connectivity index (χ0v) is 12.6. The fraction of sp³-hybridized carbons (Fsp3) is 0.500. The highest BCUT2D eigenvalue weighted by atomic mass is 79.9. The van der Waals surface area contributed by atoms with Crippen molar-refractivity contribution in [3.63, 3.8) is 0 Å². The molecule has 0 atom stereocenters. The summed E-state index contributed by atoms with van der Waals surface area (Å²) < 4.78 is 9.44. The Kier molecular flexibility index (Phi) is 6.19. The van der Waals surface area contributed by atoms with Crippen molar-refractivity contribution in [2.24, 2.45) is 0 Å². The molecule has 0 aromatic heterocycles. The van der Waals surface area contributed by atoms with Crippen LogP contribution in [0.2, 0.25) is 0 Å². The van der Waals surface area contributed by atoms with E-state index in [4.69, 9.17) is 9.47 Å². The molecule has 106 valence electrons. The minimum atomic E-state index is -1.30. The van der Waals surface area contributed by atoms with E-state index in [2.05, 4.69) is 15.9 Å². The van der Waals surface area contributed by atoms with Crippen molar-refractivity contribution < 1.29 is 14.4 Å². The summed E-state index contributed by atoms with van der Waals surface area (Å²) in [6.07, 6.45) is 1.17. The Bertz CT molecular complexity index is 409. The van der Waals surface area contributed by atoms with Gasteiger partial charge in [-0.2, -0.15) is 0 Å². The van der Waals surface area contributed by atoms with Gasteiger partial charge in [0.15, 0.2) is 6.29 Å². The number of hydrogen-bond donors (Lipinski definition) is 0. The number of rotatable bonds is 4. The summed E-state index contributed by atoms with van der Waals surface area (Å²) >= 11 is 3.03. The van der Waals surface area contributed by atoms with Gasteiger partial charge >= 0.3 is 4.45 Å². The standard InChI is InChI=1S/C12H14BrNO4.ClH/c13-12(14(15)16)8-17-11(18-9-12)7-6-10-4-2-1-3-5-10;/h1-5,11H,6-9H2;1H. The molecule has 1 aliphatic heterocycles. The van der Waals surface area contributed by atoms with Gasteiger partial charge in [-0.1, -0.05) is 30.3 Å². The molecule has 0 bridgehead atoms. The van der Waals surface area contributed by atoms with Gasteiger partial charge in [-0.15, -0.1) is 12.4 Å². The summed E-state index contributed by atoms with van der Waals surface area (Å²) in [5, 5.41) is 10.8. The second-order valence-corrected chi connectivity index (χ2v) is 5.73. The molecular formula is C12H15BrClNO4. The zero-order valence-electron chi connectivity index (χ0n) is 10.2. The number of nitro groups is 1. The molecule has 1 aliphatic rings. The second kappa shape index (κ2) is 7.19. The van der Waals surface area contributed by atoms with Gasteiger partial charge in [0.25, 0.3) is 0 Å². The Balaban J connectivity index is 0.00000180. The minimum absolute atomic E-state index is 0. The highest BCUT2D eigenvalue weighted by molar-refractivity contribution is 9.10.